The predicted octanol–water partition coefficient (Wildman–Crippen LogP) is 2.70. The Morgan fingerprint density at radius 3 is 2.94 bits per heavy atom. The van der Waals surface area contributed by atoms with Gasteiger partial charge in [-0.15, -0.1) is 0 Å². The number of carbonyl (C=O) groups is 1. The summed E-state index contributed by atoms with van der Waals surface area (Å²) < 4.78 is 2.23. The van der Waals surface area contributed by atoms with E-state index in [-0.39, 0.29) is 11.6 Å². The highest BCUT2D eigenvalue weighted by molar-refractivity contribution is 9.10. The van der Waals surface area contributed by atoms with E-state index in [1.54, 1.807) is 12.4 Å². The molecule has 2 rings (SSSR count). The van der Waals surface area contributed by atoms with E-state index < -0.39 is 5.97 Å². The standard InChI is InChI=1S/C11H12BrN3O2/c1-3-6(2)8-9(10(16)17)15-5-7(12)4-13-11(15)14-8/h4-6H,3H2,1-2H3,(H,16,17). The average Bonchev–Trinajstić information content (AvgIpc) is 2.66. The second-order valence-corrected chi connectivity index (χ2v) is 4.82. The number of carboxylic acids is 1. The van der Waals surface area contributed by atoms with Crippen LogP contribution in [0.5, 0.6) is 0 Å². The van der Waals surface area contributed by atoms with Gasteiger partial charge in [-0.3, -0.25) is 4.40 Å². The zero-order chi connectivity index (χ0) is 12.6. The fraction of sp³-hybridized carbons (Fsp3) is 0.364. The second kappa shape index (κ2) is 4.44. The van der Waals surface area contributed by atoms with Crippen molar-refractivity contribution in [2.45, 2.75) is 26.2 Å². The molecule has 0 spiro atoms. The van der Waals surface area contributed by atoms with Crippen LogP contribution < -0.4 is 0 Å². The minimum absolute atomic E-state index is 0.0987. The van der Waals surface area contributed by atoms with Crippen molar-refractivity contribution in [1.29, 1.82) is 0 Å². The molecule has 0 aliphatic heterocycles. The average molecular weight is 298 g/mol. The van der Waals surface area contributed by atoms with E-state index in [1.165, 1.54) is 4.40 Å². The van der Waals surface area contributed by atoms with Crippen LogP contribution in [-0.2, 0) is 0 Å². The van der Waals surface area contributed by atoms with Crippen LogP contribution in [0.4, 0.5) is 0 Å². The van der Waals surface area contributed by atoms with Crippen LogP contribution in [-0.4, -0.2) is 25.4 Å². The van der Waals surface area contributed by atoms with E-state index in [4.69, 9.17) is 0 Å². The Labute approximate surface area is 107 Å². The molecular formula is C11H12BrN3O2. The molecule has 6 heteroatoms. The van der Waals surface area contributed by atoms with Gasteiger partial charge in [-0.25, -0.2) is 14.8 Å². The van der Waals surface area contributed by atoms with Crippen molar-refractivity contribution in [2.24, 2.45) is 0 Å². The first-order chi connectivity index (χ1) is 8.04. The Morgan fingerprint density at radius 1 is 1.65 bits per heavy atom. The summed E-state index contributed by atoms with van der Waals surface area (Å²) in [4.78, 5) is 19.7. The lowest BCUT2D eigenvalue weighted by Crippen LogP contribution is -2.07. The SMILES string of the molecule is CCC(C)c1nc2ncc(Br)cn2c1C(=O)O. The third-order valence-corrected chi connectivity index (χ3v) is 3.17. The van der Waals surface area contributed by atoms with Crippen molar-refractivity contribution in [1.82, 2.24) is 14.4 Å². The Balaban J connectivity index is 2.76. The van der Waals surface area contributed by atoms with Crippen molar-refractivity contribution in [2.75, 3.05) is 0 Å². The summed E-state index contributed by atoms with van der Waals surface area (Å²) in [6.45, 7) is 3.97. The Kier molecular flexibility index (Phi) is 3.15. The van der Waals surface area contributed by atoms with E-state index in [0.717, 1.165) is 10.9 Å². The van der Waals surface area contributed by atoms with Gasteiger partial charge in [0.2, 0.25) is 5.78 Å². The molecule has 1 N–H and O–H groups in total. The molecule has 1 unspecified atom stereocenters. The number of hydrogen-bond acceptors (Lipinski definition) is 3. The molecule has 0 bridgehead atoms. The molecule has 2 aromatic rings. The third kappa shape index (κ3) is 2.04. The lowest BCUT2D eigenvalue weighted by Gasteiger charge is -2.05. The van der Waals surface area contributed by atoms with Crippen molar-refractivity contribution < 1.29 is 9.90 Å². The van der Waals surface area contributed by atoms with Crippen molar-refractivity contribution in [3.05, 3.63) is 28.3 Å². The molecule has 1 atom stereocenters. The van der Waals surface area contributed by atoms with Crippen molar-refractivity contribution >= 4 is 27.7 Å². The van der Waals surface area contributed by atoms with Crippen molar-refractivity contribution in [3.8, 4) is 0 Å². The third-order valence-electron chi connectivity index (χ3n) is 2.76. The molecule has 0 saturated carbocycles. The second-order valence-electron chi connectivity index (χ2n) is 3.90. The van der Waals surface area contributed by atoms with Gasteiger partial charge < -0.3 is 5.11 Å². The Hall–Kier alpha value is -1.43. The van der Waals surface area contributed by atoms with Gasteiger partial charge in [0.05, 0.1) is 10.2 Å². The van der Waals surface area contributed by atoms with E-state index in [2.05, 4.69) is 25.9 Å². The minimum atomic E-state index is -0.979. The van der Waals surface area contributed by atoms with E-state index in [9.17, 15) is 9.90 Å². The fourth-order valence-electron chi connectivity index (χ4n) is 1.68. The molecule has 0 radical (unpaired) electrons. The molecule has 0 fully saturated rings. The maximum absolute atomic E-state index is 11.3. The molecule has 0 saturated heterocycles. The summed E-state index contributed by atoms with van der Waals surface area (Å²) >= 11 is 3.28. The highest BCUT2D eigenvalue weighted by Gasteiger charge is 2.22. The molecule has 0 aliphatic carbocycles. The first kappa shape index (κ1) is 12.0. The number of carboxylic acid groups (broad SMARTS) is 1. The number of halogens is 1. The molecule has 2 heterocycles. The van der Waals surface area contributed by atoms with Gasteiger partial charge in [0.25, 0.3) is 0 Å². The fourth-order valence-corrected chi connectivity index (χ4v) is 1.98. The van der Waals surface area contributed by atoms with Gasteiger partial charge in [-0.1, -0.05) is 13.8 Å². The number of hydrogen-bond donors (Lipinski definition) is 1. The predicted molar refractivity (Wildman–Crippen MR) is 66.4 cm³/mol. The minimum Gasteiger partial charge on any atom is -0.477 e. The summed E-state index contributed by atoms with van der Waals surface area (Å²) in [6, 6.07) is 0. The molecule has 0 aromatic carbocycles. The summed E-state index contributed by atoms with van der Waals surface area (Å²) in [5.41, 5.74) is 0.786. The van der Waals surface area contributed by atoms with Crippen LogP contribution in [0.1, 0.15) is 42.4 Å². The first-order valence-corrected chi connectivity index (χ1v) is 6.10. The maximum Gasteiger partial charge on any atom is 0.354 e. The first-order valence-electron chi connectivity index (χ1n) is 5.31. The van der Waals surface area contributed by atoms with Gasteiger partial charge in [-0.05, 0) is 22.4 Å². The largest absolute Gasteiger partial charge is 0.477 e. The van der Waals surface area contributed by atoms with E-state index in [0.29, 0.717) is 11.5 Å². The van der Waals surface area contributed by atoms with Gasteiger partial charge >= 0.3 is 5.97 Å². The van der Waals surface area contributed by atoms with Crippen LogP contribution in [0.2, 0.25) is 0 Å². The monoisotopic (exact) mass is 297 g/mol. The van der Waals surface area contributed by atoms with Gasteiger partial charge in [-0.2, -0.15) is 0 Å². The van der Waals surface area contributed by atoms with Crippen LogP contribution in [0.15, 0.2) is 16.9 Å². The van der Waals surface area contributed by atoms with Crippen LogP contribution in [0.25, 0.3) is 5.78 Å². The van der Waals surface area contributed by atoms with E-state index in [1.807, 2.05) is 13.8 Å². The number of aromatic nitrogens is 3. The molecular weight excluding hydrogens is 286 g/mol. The van der Waals surface area contributed by atoms with Gasteiger partial charge in [0.15, 0.2) is 5.69 Å². The zero-order valence-corrected chi connectivity index (χ0v) is 11.1. The number of fused-ring (bicyclic) bond motifs is 1. The van der Waals surface area contributed by atoms with E-state index >= 15 is 0 Å². The quantitative estimate of drug-likeness (QED) is 0.946. The van der Waals surface area contributed by atoms with Crippen LogP contribution in [0, 0.1) is 0 Å². The summed E-state index contributed by atoms with van der Waals surface area (Å²) in [5.74, 6) is -0.463. The number of nitrogens with zero attached hydrogens (tertiary/aromatic N) is 3. The number of imidazole rings is 1. The smallest absolute Gasteiger partial charge is 0.354 e. The normalized spacial score (nSPS) is 12.9. The van der Waals surface area contributed by atoms with Gasteiger partial charge in [0.1, 0.15) is 0 Å². The summed E-state index contributed by atoms with van der Waals surface area (Å²) in [7, 11) is 0. The summed E-state index contributed by atoms with van der Waals surface area (Å²) in [6.07, 6.45) is 4.12. The highest BCUT2D eigenvalue weighted by Crippen LogP contribution is 2.23. The molecule has 2 aromatic heterocycles. The molecule has 0 aliphatic rings. The number of rotatable bonds is 3. The lowest BCUT2D eigenvalue weighted by molar-refractivity contribution is 0.0687. The number of aromatic carboxylic acids is 1. The van der Waals surface area contributed by atoms with Crippen LogP contribution >= 0.6 is 15.9 Å². The highest BCUT2D eigenvalue weighted by atomic mass is 79.9. The zero-order valence-electron chi connectivity index (χ0n) is 9.51. The molecule has 0 amide bonds. The molecule has 17 heavy (non-hydrogen) atoms. The Bertz CT molecular complexity index is 579. The Morgan fingerprint density at radius 2 is 2.35 bits per heavy atom. The molecule has 90 valence electrons. The van der Waals surface area contributed by atoms with Gasteiger partial charge in [0, 0.05) is 18.3 Å². The maximum atomic E-state index is 11.3. The topological polar surface area (TPSA) is 67.5 Å². The summed E-state index contributed by atoms with van der Waals surface area (Å²) in [5, 5.41) is 9.28. The van der Waals surface area contributed by atoms with Crippen LogP contribution in [0.3, 0.4) is 0 Å². The van der Waals surface area contributed by atoms with Crippen molar-refractivity contribution in [3.63, 3.8) is 0 Å². The molecule has 5 nitrogen and oxygen atoms in total. The lowest BCUT2D eigenvalue weighted by atomic mass is 10.0.